The quantitative estimate of drug-likeness (QED) is 0.921. The molecule has 2 aliphatic carbocycles. The molecule has 2 fully saturated rings. The monoisotopic (exact) mass is 342 g/mol. The minimum absolute atomic E-state index is 0.171. The van der Waals surface area contributed by atoms with Crippen LogP contribution in [-0.2, 0) is 10.0 Å². The minimum atomic E-state index is -3.62. The Labute approximate surface area is 143 Å². The Morgan fingerprint density at radius 2 is 1.58 bits per heavy atom. The molecule has 5 heteroatoms. The fourth-order valence-electron chi connectivity index (χ4n) is 3.92. The fraction of sp³-hybridized carbons (Fsp3) is 0.421. The third kappa shape index (κ3) is 3.10. The molecular formula is C19H22N2O2S. The smallest absolute Gasteiger partial charge is 0.238 e. The van der Waals surface area contributed by atoms with Crippen LogP contribution < -0.4 is 5.14 Å². The predicted molar refractivity (Wildman–Crippen MR) is 93.4 cm³/mol. The van der Waals surface area contributed by atoms with E-state index in [0.717, 1.165) is 6.42 Å². The van der Waals surface area contributed by atoms with Crippen molar-refractivity contribution in [2.45, 2.75) is 54.8 Å². The van der Waals surface area contributed by atoms with E-state index in [1.54, 1.807) is 12.1 Å². The van der Waals surface area contributed by atoms with Crippen molar-refractivity contribution in [1.29, 1.82) is 0 Å². The first kappa shape index (κ1) is 15.8. The molecule has 1 aromatic carbocycles. The van der Waals surface area contributed by atoms with Gasteiger partial charge in [0.05, 0.1) is 4.90 Å². The van der Waals surface area contributed by atoms with Gasteiger partial charge in [0.1, 0.15) is 0 Å². The molecule has 2 atom stereocenters. The van der Waals surface area contributed by atoms with Crippen molar-refractivity contribution in [2.75, 3.05) is 0 Å². The molecule has 1 aromatic heterocycles. The van der Waals surface area contributed by atoms with Crippen LogP contribution in [0.4, 0.5) is 0 Å². The van der Waals surface area contributed by atoms with Gasteiger partial charge in [0.15, 0.2) is 0 Å². The molecule has 4 rings (SSSR count). The normalized spacial score (nSPS) is 24.2. The number of nitrogens with two attached hydrogens (primary N) is 1. The van der Waals surface area contributed by atoms with Crippen molar-refractivity contribution in [3.05, 3.63) is 59.4 Å². The minimum Gasteiger partial charge on any atom is -0.257 e. The maximum Gasteiger partial charge on any atom is 0.238 e. The maximum absolute atomic E-state index is 11.3. The summed E-state index contributed by atoms with van der Waals surface area (Å²) in [7, 11) is -3.62. The number of benzene rings is 1. The van der Waals surface area contributed by atoms with Gasteiger partial charge in [0.2, 0.25) is 10.0 Å². The molecular weight excluding hydrogens is 320 g/mol. The number of nitrogens with zero attached hydrogens (tertiary/aromatic N) is 1. The summed E-state index contributed by atoms with van der Waals surface area (Å²) in [4.78, 5) is 5.10. The van der Waals surface area contributed by atoms with Gasteiger partial charge in [-0.3, -0.25) is 4.98 Å². The number of sulfonamides is 1. The fourth-order valence-corrected chi connectivity index (χ4v) is 4.43. The van der Waals surface area contributed by atoms with Crippen LogP contribution in [-0.4, -0.2) is 13.4 Å². The number of aromatic nitrogens is 1. The first-order valence-electron chi connectivity index (χ1n) is 8.62. The van der Waals surface area contributed by atoms with Gasteiger partial charge in [-0.25, -0.2) is 13.6 Å². The van der Waals surface area contributed by atoms with E-state index in [4.69, 9.17) is 10.1 Å². The molecule has 0 aliphatic heterocycles. The highest BCUT2D eigenvalue weighted by atomic mass is 32.2. The van der Waals surface area contributed by atoms with Crippen molar-refractivity contribution in [3.63, 3.8) is 0 Å². The summed E-state index contributed by atoms with van der Waals surface area (Å²) in [6.07, 6.45) is 6.24. The summed E-state index contributed by atoms with van der Waals surface area (Å²) in [5.74, 6) is 1.52. The van der Waals surface area contributed by atoms with Gasteiger partial charge < -0.3 is 0 Å². The SMILES string of the molecule is NS(=O)(=O)c1ccc([C@@H]2C[C@H]2c2cccc(C3CCCC3)n2)cc1. The third-order valence-electron chi connectivity index (χ3n) is 5.37. The van der Waals surface area contributed by atoms with E-state index in [1.165, 1.54) is 42.6 Å². The van der Waals surface area contributed by atoms with Gasteiger partial charge in [-0.2, -0.15) is 0 Å². The molecule has 2 saturated carbocycles. The predicted octanol–water partition coefficient (Wildman–Crippen LogP) is 3.66. The largest absolute Gasteiger partial charge is 0.257 e. The van der Waals surface area contributed by atoms with E-state index in [0.29, 0.717) is 17.8 Å². The van der Waals surface area contributed by atoms with Crippen LogP contribution in [0.3, 0.4) is 0 Å². The van der Waals surface area contributed by atoms with Gasteiger partial charge in [0.25, 0.3) is 0 Å². The van der Waals surface area contributed by atoms with E-state index in [2.05, 4.69) is 18.2 Å². The number of rotatable bonds is 4. The topological polar surface area (TPSA) is 73.1 Å². The number of hydrogen-bond acceptors (Lipinski definition) is 3. The lowest BCUT2D eigenvalue weighted by Crippen LogP contribution is -2.11. The van der Waals surface area contributed by atoms with Gasteiger partial charge in [0, 0.05) is 23.2 Å². The van der Waals surface area contributed by atoms with E-state index in [-0.39, 0.29) is 4.90 Å². The highest BCUT2D eigenvalue weighted by Gasteiger charge is 2.40. The molecule has 0 bridgehead atoms. The van der Waals surface area contributed by atoms with E-state index < -0.39 is 10.0 Å². The van der Waals surface area contributed by atoms with E-state index >= 15 is 0 Å². The molecule has 0 radical (unpaired) electrons. The van der Waals surface area contributed by atoms with Gasteiger partial charge >= 0.3 is 0 Å². The molecule has 2 N–H and O–H groups in total. The summed E-state index contributed by atoms with van der Waals surface area (Å²) >= 11 is 0. The van der Waals surface area contributed by atoms with Crippen LogP contribution in [0.25, 0.3) is 0 Å². The van der Waals surface area contributed by atoms with Crippen LogP contribution in [0.15, 0.2) is 47.4 Å². The average molecular weight is 342 g/mol. The zero-order valence-electron chi connectivity index (χ0n) is 13.6. The zero-order valence-corrected chi connectivity index (χ0v) is 14.4. The Bertz CT molecular complexity index is 840. The number of pyridine rings is 1. The van der Waals surface area contributed by atoms with Crippen LogP contribution in [0.5, 0.6) is 0 Å². The first-order valence-corrected chi connectivity index (χ1v) is 10.2. The van der Waals surface area contributed by atoms with Gasteiger partial charge in [-0.1, -0.05) is 31.0 Å². The lowest BCUT2D eigenvalue weighted by Gasteiger charge is -2.10. The molecule has 0 unspecified atom stereocenters. The Balaban J connectivity index is 1.51. The second-order valence-electron chi connectivity index (χ2n) is 7.03. The average Bonchev–Trinajstić information content (AvgIpc) is 3.19. The molecule has 2 aliphatic rings. The molecule has 4 nitrogen and oxygen atoms in total. The van der Waals surface area contributed by atoms with Gasteiger partial charge in [-0.05, 0) is 55.0 Å². The molecule has 1 heterocycles. The first-order chi connectivity index (χ1) is 11.5. The Morgan fingerprint density at radius 3 is 2.25 bits per heavy atom. The summed E-state index contributed by atoms with van der Waals surface area (Å²) in [5.41, 5.74) is 3.60. The van der Waals surface area contributed by atoms with Crippen LogP contribution in [0, 0.1) is 0 Å². The van der Waals surface area contributed by atoms with Crippen molar-refractivity contribution in [3.8, 4) is 0 Å². The zero-order chi connectivity index (χ0) is 16.7. The summed E-state index contributed by atoms with van der Waals surface area (Å²) in [6, 6.07) is 13.4. The molecule has 126 valence electrons. The van der Waals surface area contributed by atoms with E-state index in [1.807, 2.05) is 12.1 Å². The van der Waals surface area contributed by atoms with Crippen molar-refractivity contribution < 1.29 is 8.42 Å². The van der Waals surface area contributed by atoms with E-state index in [9.17, 15) is 8.42 Å². The summed E-state index contributed by atoms with van der Waals surface area (Å²) < 4.78 is 22.7. The molecule has 0 amide bonds. The molecule has 0 saturated heterocycles. The Hall–Kier alpha value is -1.72. The second-order valence-corrected chi connectivity index (χ2v) is 8.59. The van der Waals surface area contributed by atoms with Crippen molar-refractivity contribution in [1.82, 2.24) is 4.98 Å². The van der Waals surface area contributed by atoms with Crippen LogP contribution in [0.2, 0.25) is 0 Å². The number of primary sulfonamides is 1. The highest BCUT2D eigenvalue weighted by molar-refractivity contribution is 7.89. The third-order valence-corrected chi connectivity index (χ3v) is 6.30. The maximum atomic E-state index is 11.3. The standard InChI is InChI=1S/C19H22N2O2S/c20-24(22,23)15-10-8-13(9-11-15)16-12-17(16)19-7-3-6-18(21-19)14-4-1-2-5-14/h3,6-11,14,16-17H,1-2,4-5,12H2,(H2,20,22,23)/t16-,17+/m0/s1. The lowest BCUT2D eigenvalue weighted by atomic mass is 10.0. The highest BCUT2D eigenvalue weighted by Crippen LogP contribution is 2.54. The molecule has 2 aromatic rings. The van der Waals surface area contributed by atoms with Crippen molar-refractivity contribution >= 4 is 10.0 Å². The van der Waals surface area contributed by atoms with Crippen LogP contribution >= 0.6 is 0 Å². The summed E-state index contributed by atoms with van der Waals surface area (Å²) in [6.45, 7) is 0. The summed E-state index contributed by atoms with van der Waals surface area (Å²) in [5, 5.41) is 5.16. The van der Waals surface area contributed by atoms with Crippen LogP contribution in [0.1, 0.15) is 66.8 Å². The van der Waals surface area contributed by atoms with Crippen molar-refractivity contribution in [2.24, 2.45) is 5.14 Å². The van der Waals surface area contributed by atoms with Gasteiger partial charge in [-0.15, -0.1) is 0 Å². The molecule has 24 heavy (non-hydrogen) atoms. The molecule has 0 spiro atoms. The Kier molecular flexibility index (Phi) is 3.93. The second kappa shape index (κ2) is 5.97. The number of hydrogen-bond donors (Lipinski definition) is 1. The lowest BCUT2D eigenvalue weighted by molar-refractivity contribution is 0.598. The Morgan fingerprint density at radius 1 is 0.917 bits per heavy atom.